The number of aromatic carboxylic acids is 1. The standard InChI is InChI=1S/C10H6BrFN2O4S2/c11-8-4-13-10(19-8)14-20(17,18)7-2-1-5(9(15)16)3-6(7)12/h1-4H,(H,13,14)(H,15,16). The van der Waals surface area contributed by atoms with Crippen LogP contribution in [0.4, 0.5) is 9.52 Å². The number of carbonyl (C=O) groups is 1. The van der Waals surface area contributed by atoms with Crippen LogP contribution in [0.15, 0.2) is 33.1 Å². The highest BCUT2D eigenvalue weighted by atomic mass is 79.9. The first-order valence-corrected chi connectivity index (χ1v) is 8.06. The van der Waals surface area contributed by atoms with Crippen molar-refractivity contribution >= 4 is 48.4 Å². The van der Waals surface area contributed by atoms with Crippen molar-refractivity contribution < 1.29 is 22.7 Å². The first-order chi connectivity index (χ1) is 9.29. The molecule has 2 rings (SSSR count). The van der Waals surface area contributed by atoms with E-state index in [4.69, 9.17) is 5.11 Å². The van der Waals surface area contributed by atoms with Crippen molar-refractivity contribution in [3.8, 4) is 0 Å². The number of nitrogens with one attached hydrogen (secondary N) is 1. The molecule has 0 fully saturated rings. The molecule has 0 saturated carbocycles. The Hall–Kier alpha value is -1.52. The summed E-state index contributed by atoms with van der Waals surface area (Å²) in [4.78, 5) is 13.8. The summed E-state index contributed by atoms with van der Waals surface area (Å²) in [7, 11) is -4.16. The molecule has 0 amide bonds. The number of nitrogens with zero attached hydrogens (tertiary/aromatic N) is 1. The third-order valence-corrected chi connectivity index (χ3v) is 5.06. The van der Waals surface area contributed by atoms with Crippen molar-refractivity contribution in [2.24, 2.45) is 0 Å². The lowest BCUT2D eigenvalue weighted by atomic mass is 10.2. The van der Waals surface area contributed by atoms with Crippen LogP contribution in [0.5, 0.6) is 0 Å². The van der Waals surface area contributed by atoms with E-state index in [-0.39, 0.29) is 10.7 Å². The predicted molar refractivity (Wildman–Crippen MR) is 74.0 cm³/mol. The SMILES string of the molecule is O=C(O)c1ccc(S(=O)(=O)Nc2ncc(Br)s2)c(F)c1. The minimum Gasteiger partial charge on any atom is -0.478 e. The summed E-state index contributed by atoms with van der Waals surface area (Å²) in [6.45, 7) is 0. The van der Waals surface area contributed by atoms with Crippen LogP contribution in [-0.2, 0) is 10.0 Å². The van der Waals surface area contributed by atoms with E-state index in [1.54, 1.807) is 0 Å². The summed E-state index contributed by atoms with van der Waals surface area (Å²) in [5.41, 5.74) is -0.335. The number of halogens is 2. The molecule has 1 aromatic carbocycles. The zero-order valence-electron chi connectivity index (χ0n) is 9.50. The predicted octanol–water partition coefficient (Wildman–Crippen LogP) is 2.54. The number of hydrogen-bond acceptors (Lipinski definition) is 5. The molecule has 0 atom stereocenters. The molecule has 2 N–H and O–H groups in total. The van der Waals surface area contributed by atoms with Crippen LogP contribution in [0.25, 0.3) is 0 Å². The van der Waals surface area contributed by atoms with Crippen LogP contribution in [0.3, 0.4) is 0 Å². The fourth-order valence-electron chi connectivity index (χ4n) is 1.32. The lowest BCUT2D eigenvalue weighted by Crippen LogP contribution is -2.15. The Balaban J connectivity index is 2.37. The lowest BCUT2D eigenvalue weighted by Gasteiger charge is -2.06. The quantitative estimate of drug-likeness (QED) is 0.849. The van der Waals surface area contributed by atoms with E-state index in [1.807, 2.05) is 0 Å². The number of benzene rings is 1. The highest BCUT2D eigenvalue weighted by Gasteiger charge is 2.21. The molecule has 0 aliphatic heterocycles. The molecule has 0 aliphatic carbocycles. The van der Waals surface area contributed by atoms with Gasteiger partial charge in [-0.2, -0.15) is 0 Å². The summed E-state index contributed by atoms with van der Waals surface area (Å²) in [6, 6.07) is 2.55. The molecule has 2 aromatic rings. The molecular weight excluding hydrogens is 375 g/mol. The average Bonchev–Trinajstić information content (AvgIpc) is 2.73. The highest BCUT2D eigenvalue weighted by molar-refractivity contribution is 9.11. The second kappa shape index (κ2) is 5.46. The topological polar surface area (TPSA) is 96.4 Å². The molecule has 20 heavy (non-hydrogen) atoms. The van der Waals surface area contributed by atoms with E-state index in [1.165, 1.54) is 6.20 Å². The number of aromatic nitrogens is 1. The molecule has 106 valence electrons. The van der Waals surface area contributed by atoms with Crippen molar-refractivity contribution in [1.29, 1.82) is 0 Å². The first-order valence-electron chi connectivity index (χ1n) is 4.96. The van der Waals surface area contributed by atoms with Gasteiger partial charge in [0.05, 0.1) is 15.5 Å². The van der Waals surface area contributed by atoms with Crippen LogP contribution in [0.2, 0.25) is 0 Å². The second-order valence-electron chi connectivity index (χ2n) is 3.53. The minimum absolute atomic E-state index is 0.0681. The molecule has 0 aliphatic rings. The molecule has 0 radical (unpaired) electrons. The summed E-state index contributed by atoms with van der Waals surface area (Å²) >= 11 is 4.14. The Morgan fingerprint density at radius 1 is 1.45 bits per heavy atom. The number of thiazole rings is 1. The van der Waals surface area contributed by atoms with E-state index in [2.05, 4.69) is 25.6 Å². The van der Waals surface area contributed by atoms with Gasteiger partial charge in [0.25, 0.3) is 10.0 Å². The monoisotopic (exact) mass is 380 g/mol. The summed E-state index contributed by atoms with van der Waals surface area (Å²) in [5, 5.41) is 8.76. The molecule has 0 spiro atoms. The van der Waals surface area contributed by atoms with E-state index >= 15 is 0 Å². The largest absolute Gasteiger partial charge is 0.478 e. The average molecular weight is 381 g/mol. The van der Waals surface area contributed by atoms with Crippen molar-refractivity contribution in [3.63, 3.8) is 0 Å². The van der Waals surface area contributed by atoms with Gasteiger partial charge >= 0.3 is 5.97 Å². The summed E-state index contributed by atoms with van der Waals surface area (Å²) < 4.78 is 40.4. The van der Waals surface area contributed by atoms with Gasteiger partial charge in [-0.15, -0.1) is 0 Å². The Kier molecular flexibility index (Phi) is 4.06. The molecule has 0 saturated heterocycles. The fraction of sp³-hybridized carbons (Fsp3) is 0. The Labute approximate surface area is 125 Å². The summed E-state index contributed by atoms with van der Waals surface area (Å²) in [6.07, 6.45) is 1.40. The number of carboxylic acid groups (broad SMARTS) is 1. The summed E-state index contributed by atoms with van der Waals surface area (Å²) in [5.74, 6) is -2.49. The normalized spacial score (nSPS) is 11.3. The van der Waals surface area contributed by atoms with Gasteiger partial charge in [-0.25, -0.2) is 22.6 Å². The van der Waals surface area contributed by atoms with E-state index in [0.717, 1.165) is 23.5 Å². The van der Waals surface area contributed by atoms with Crippen molar-refractivity contribution in [2.75, 3.05) is 4.72 Å². The Bertz CT molecular complexity index is 775. The Morgan fingerprint density at radius 3 is 2.65 bits per heavy atom. The maximum absolute atomic E-state index is 13.7. The molecule has 10 heteroatoms. The Morgan fingerprint density at radius 2 is 2.15 bits per heavy atom. The number of anilines is 1. The number of hydrogen-bond donors (Lipinski definition) is 2. The van der Waals surface area contributed by atoms with Gasteiger partial charge in [-0.3, -0.25) is 4.72 Å². The van der Waals surface area contributed by atoms with Crippen LogP contribution >= 0.6 is 27.3 Å². The van der Waals surface area contributed by atoms with Gasteiger partial charge < -0.3 is 5.11 Å². The molecule has 6 nitrogen and oxygen atoms in total. The third kappa shape index (κ3) is 3.14. The second-order valence-corrected chi connectivity index (χ2v) is 7.59. The molecule has 0 bridgehead atoms. The zero-order chi connectivity index (χ0) is 14.9. The van der Waals surface area contributed by atoms with Crippen LogP contribution in [-0.4, -0.2) is 24.5 Å². The molecular formula is C10H6BrFN2O4S2. The molecule has 1 heterocycles. The molecule has 0 unspecified atom stereocenters. The van der Waals surface area contributed by atoms with Gasteiger partial charge in [-0.1, -0.05) is 11.3 Å². The van der Waals surface area contributed by atoms with E-state index in [9.17, 15) is 17.6 Å². The van der Waals surface area contributed by atoms with Crippen LogP contribution in [0.1, 0.15) is 10.4 Å². The minimum atomic E-state index is -4.16. The third-order valence-electron chi connectivity index (χ3n) is 2.17. The van der Waals surface area contributed by atoms with Gasteiger partial charge in [0.2, 0.25) is 0 Å². The van der Waals surface area contributed by atoms with Gasteiger partial charge in [-0.05, 0) is 34.1 Å². The zero-order valence-corrected chi connectivity index (χ0v) is 12.7. The number of rotatable bonds is 4. The van der Waals surface area contributed by atoms with Gasteiger partial charge in [0, 0.05) is 0 Å². The number of sulfonamides is 1. The smallest absolute Gasteiger partial charge is 0.335 e. The van der Waals surface area contributed by atoms with E-state index in [0.29, 0.717) is 9.85 Å². The van der Waals surface area contributed by atoms with Gasteiger partial charge in [0.15, 0.2) is 5.13 Å². The maximum atomic E-state index is 13.7. The molecule has 1 aromatic heterocycles. The van der Waals surface area contributed by atoms with Crippen molar-refractivity contribution in [3.05, 3.63) is 39.6 Å². The van der Waals surface area contributed by atoms with Crippen molar-refractivity contribution in [2.45, 2.75) is 4.90 Å². The highest BCUT2D eigenvalue weighted by Crippen LogP contribution is 2.26. The lowest BCUT2D eigenvalue weighted by molar-refractivity contribution is 0.0696. The van der Waals surface area contributed by atoms with Crippen molar-refractivity contribution in [1.82, 2.24) is 4.98 Å². The maximum Gasteiger partial charge on any atom is 0.335 e. The van der Waals surface area contributed by atoms with Crippen LogP contribution in [0, 0.1) is 5.82 Å². The van der Waals surface area contributed by atoms with Gasteiger partial charge in [0.1, 0.15) is 10.7 Å². The fourth-order valence-corrected chi connectivity index (χ4v) is 3.73. The first kappa shape index (κ1) is 14.9. The number of carboxylic acids is 1. The van der Waals surface area contributed by atoms with Crippen LogP contribution < -0.4 is 4.72 Å². The van der Waals surface area contributed by atoms with E-state index < -0.39 is 26.7 Å².